The van der Waals surface area contributed by atoms with Crippen molar-refractivity contribution in [1.29, 1.82) is 0 Å². The molecule has 0 saturated heterocycles. The van der Waals surface area contributed by atoms with Crippen molar-refractivity contribution in [2.24, 2.45) is 0 Å². The summed E-state index contributed by atoms with van der Waals surface area (Å²) in [6, 6.07) is 21.8. The molecule has 0 bridgehead atoms. The maximum atomic E-state index is 10.9. The standard InChI is InChI=1S/C20H15N3O4/c24-22(25)18-10-6-15(7-11-18)14-20(21-17-4-2-1-3-5-17)16-8-12-19(13-9-16)23(26)27/h1-14,21H/b20-14-. The number of hydrogen-bond donors (Lipinski definition) is 1. The zero-order valence-electron chi connectivity index (χ0n) is 14.1. The molecule has 7 heteroatoms. The number of rotatable bonds is 6. The lowest BCUT2D eigenvalue weighted by atomic mass is 10.1. The zero-order chi connectivity index (χ0) is 19.2. The molecular formula is C20H15N3O4. The molecule has 0 aliphatic heterocycles. The monoisotopic (exact) mass is 361 g/mol. The van der Waals surface area contributed by atoms with Crippen LogP contribution >= 0.6 is 0 Å². The highest BCUT2D eigenvalue weighted by atomic mass is 16.6. The summed E-state index contributed by atoms with van der Waals surface area (Å²) in [5.74, 6) is 0. The van der Waals surface area contributed by atoms with Gasteiger partial charge < -0.3 is 5.32 Å². The van der Waals surface area contributed by atoms with Gasteiger partial charge in [-0.2, -0.15) is 0 Å². The summed E-state index contributed by atoms with van der Waals surface area (Å²) in [5, 5.41) is 25.0. The number of nitrogens with zero attached hydrogens (tertiary/aromatic N) is 2. The number of anilines is 1. The van der Waals surface area contributed by atoms with E-state index in [4.69, 9.17) is 0 Å². The molecule has 0 fully saturated rings. The van der Waals surface area contributed by atoms with Crippen LogP contribution in [0.15, 0.2) is 78.9 Å². The van der Waals surface area contributed by atoms with Crippen molar-refractivity contribution in [1.82, 2.24) is 0 Å². The maximum Gasteiger partial charge on any atom is 0.269 e. The van der Waals surface area contributed by atoms with Gasteiger partial charge in [0.25, 0.3) is 11.4 Å². The van der Waals surface area contributed by atoms with Gasteiger partial charge in [-0.05, 0) is 53.6 Å². The van der Waals surface area contributed by atoms with E-state index < -0.39 is 9.85 Å². The predicted molar refractivity (Wildman–Crippen MR) is 104 cm³/mol. The molecule has 0 aromatic heterocycles. The number of para-hydroxylation sites is 1. The van der Waals surface area contributed by atoms with Crippen molar-refractivity contribution in [3.63, 3.8) is 0 Å². The highest BCUT2D eigenvalue weighted by molar-refractivity contribution is 5.88. The van der Waals surface area contributed by atoms with Crippen molar-refractivity contribution in [3.8, 4) is 0 Å². The Morgan fingerprint density at radius 3 is 1.78 bits per heavy atom. The van der Waals surface area contributed by atoms with Crippen LogP contribution in [0.1, 0.15) is 11.1 Å². The van der Waals surface area contributed by atoms with Gasteiger partial charge in [0.1, 0.15) is 0 Å². The second kappa shape index (κ2) is 7.92. The summed E-state index contributed by atoms with van der Waals surface area (Å²) in [6.45, 7) is 0. The second-order valence-corrected chi connectivity index (χ2v) is 5.70. The molecule has 0 aliphatic rings. The molecule has 3 rings (SSSR count). The molecule has 3 aromatic carbocycles. The summed E-state index contributed by atoms with van der Waals surface area (Å²) in [6.07, 6.45) is 1.83. The van der Waals surface area contributed by atoms with E-state index in [0.717, 1.165) is 16.8 Å². The van der Waals surface area contributed by atoms with Gasteiger partial charge in [-0.1, -0.05) is 18.2 Å². The minimum Gasteiger partial charge on any atom is -0.355 e. The molecule has 7 nitrogen and oxygen atoms in total. The molecule has 1 N–H and O–H groups in total. The SMILES string of the molecule is O=[N+]([O-])c1ccc(/C=C(\Nc2ccccc2)c2ccc([N+](=O)[O-])cc2)cc1. The Kier molecular flexibility index (Phi) is 5.22. The van der Waals surface area contributed by atoms with E-state index >= 15 is 0 Å². The number of nitro benzene ring substituents is 2. The molecule has 0 radical (unpaired) electrons. The molecule has 0 saturated carbocycles. The molecule has 0 spiro atoms. The van der Waals surface area contributed by atoms with Crippen LogP contribution in [0.2, 0.25) is 0 Å². The fraction of sp³-hybridized carbons (Fsp3) is 0. The molecule has 0 amide bonds. The summed E-state index contributed by atoms with van der Waals surface area (Å²) >= 11 is 0. The number of non-ortho nitro benzene ring substituents is 2. The first-order valence-corrected chi connectivity index (χ1v) is 8.06. The number of hydrogen-bond acceptors (Lipinski definition) is 5. The Balaban J connectivity index is 1.98. The van der Waals surface area contributed by atoms with Crippen LogP contribution in [-0.2, 0) is 0 Å². The average Bonchev–Trinajstić information content (AvgIpc) is 2.69. The second-order valence-electron chi connectivity index (χ2n) is 5.70. The molecule has 0 heterocycles. The first-order chi connectivity index (χ1) is 13.0. The average molecular weight is 361 g/mol. The minimum absolute atomic E-state index is 0.00754. The third kappa shape index (κ3) is 4.55. The topological polar surface area (TPSA) is 98.3 Å². The molecule has 0 aliphatic carbocycles. The third-order valence-electron chi connectivity index (χ3n) is 3.86. The summed E-state index contributed by atoms with van der Waals surface area (Å²) in [5.41, 5.74) is 3.10. The number of nitrogens with one attached hydrogen (secondary N) is 1. The molecule has 27 heavy (non-hydrogen) atoms. The van der Waals surface area contributed by atoms with Crippen LogP contribution in [0, 0.1) is 20.2 Å². The van der Waals surface area contributed by atoms with Gasteiger partial charge in [0.15, 0.2) is 0 Å². The van der Waals surface area contributed by atoms with E-state index in [9.17, 15) is 20.2 Å². The first-order valence-electron chi connectivity index (χ1n) is 8.06. The van der Waals surface area contributed by atoms with Crippen molar-refractivity contribution < 1.29 is 9.85 Å². The molecule has 0 unspecified atom stereocenters. The predicted octanol–water partition coefficient (Wildman–Crippen LogP) is 5.11. The minimum atomic E-state index is -0.451. The van der Waals surface area contributed by atoms with Crippen LogP contribution in [-0.4, -0.2) is 9.85 Å². The van der Waals surface area contributed by atoms with Gasteiger partial charge in [0, 0.05) is 35.6 Å². The Morgan fingerprint density at radius 1 is 0.741 bits per heavy atom. The maximum absolute atomic E-state index is 10.9. The number of benzene rings is 3. The Hall–Kier alpha value is -4.00. The van der Waals surface area contributed by atoms with E-state index in [0.29, 0.717) is 5.70 Å². The zero-order valence-corrected chi connectivity index (χ0v) is 14.1. The van der Waals surface area contributed by atoms with Crippen LogP contribution in [0.4, 0.5) is 17.1 Å². The van der Waals surface area contributed by atoms with Crippen molar-refractivity contribution >= 4 is 28.8 Å². The Morgan fingerprint density at radius 2 is 1.26 bits per heavy atom. The first kappa shape index (κ1) is 17.8. The largest absolute Gasteiger partial charge is 0.355 e. The van der Waals surface area contributed by atoms with Gasteiger partial charge in [-0.25, -0.2) is 0 Å². The normalized spacial score (nSPS) is 11.0. The fourth-order valence-corrected chi connectivity index (χ4v) is 2.49. The highest BCUT2D eigenvalue weighted by Crippen LogP contribution is 2.24. The molecule has 134 valence electrons. The van der Waals surface area contributed by atoms with Gasteiger partial charge in [0.2, 0.25) is 0 Å². The van der Waals surface area contributed by atoms with Gasteiger partial charge in [-0.3, -0.25) is 20.2 Å². The summed E-state index contributed by atoms with van der Waals surface area (Å²) in [7, 11) is 0. The molecule has 3 aromatic rings. The van der Waals surface area contributed by atoms with Crippen LogP contribution in [0.5, 0.6) is 0 Å². The van der Waals surface area contributed by atoms with Crippen LogP contribution in [0.3, 0.4) is 0 Å². The lowest BCUT2D eigenvalue weighted by molar-refractivity contribution is -0.385. The number of nitro groups is 2. The van der Waals surface area contributed by atoms with Gasteiger partial charge in [-0.15, -0.1) is 0 Å². The van der Waals surface area contributed by atoms with E-state index in [-0.39, 0.29) is 11.4 Å². The van der Waals surface area contributed by atoms with E-state index in [2.05, 4.69) is 5.32 Å². The smallest absolute Gasteiger partial charge is 0.269 e. The van der Waals surface area contributed by atoms with Crippen molar-refractivity contribution in [3.05, 3.63) is 110 Å². The summed E-state index contributed by atoms with van der Waals surface area (Å²) in [4.78, 5) is 20.8. The lowest BCUT2D eigenvalue weighted by Crippen LogP contribution is -1.99. The highest BCUT2D eigenvalue weighted by Gasteiger charge is 2.09. The van der Waals surface area contributed by atoms with Crippen LogP contribution in [0.25, 0.3) is 11.8 Å². The Bertz CT molecular complexity index is 982. The lowest BCUT2D eigenvalue weighted by Gasteiger charge is -2.12. The third-order valence-corrected chi connectivity index (χ3v) is 3.86. The quantitative estimate of drug-likeness (QED) is 0.373. The van der Waals surface area contributed by atoms with Crippen LogP contribution < -0.4 is 5.32 Å². The molecule has 0 atom stereocenters. The fourth-order valence-electron chi connectivity index (χ4n) is 2.49. The van der Waals surface area contributed by atoms with E-state index in [1.165, 1.54) is 24.3 Å². The molecular weight excluding hydrogens is 346 g/mol. The van der Waals surface area contributed by atoms with Gasteiger partial charge >= 0.3 is 0 Å². The van der Waals surface area contributed by atoms with Gasteiger partial charge in [0.05, 0.1) is 9.85 Å². The van der Waals surface area contributed by atoms with E-state index in [1.54, 1.807) is 24.3 Å². The van der Waals surface area contributed by atoms with Crippen molar-refractivity contribution in [2.75, 3.05) is 5.32 Å². The van der Waals surface area contributed by atoms with Crippen molar-refractivity contribution in [2.45, 2.75) is 0 Å². The summed E-state index contributed by atoms with van der Waals surface area (Å²) < 4.78 is 0. The van der Waals surface area contributed by atoms with E-state index in [1.807, 2.05) is 36.4 Å². The Labute approximate surface area is 154 Å².